The summed E-state index contributed by atoms with van der Waals surface area (Å²) in [5.41, 5.74) is 2.31. The molecule has 6 nitrogen and oxygen atoms in total. The molecule has 3 N–H and O–H groups in total. The number of aryl methyl sites for hydroxylation is 1. The van der Waals surface area contributed by atoms with E-state index in [1.54, 1.807) is 30.3 Å². The summed E-state index contributed by atoms with van der Waals surface area (Å²) >= 11 is 6.13. The number of furan rings is 1. The van der Waals surface area contributed by atoms with Crippen molar-refractivity contribution in [2.75, 3.05) is 17.2 Å². The zero-order valence-corrected chi connectivity index (χ0v) is 15.1. The average Bonchev–Trinajstić information content (AvgIpc) is 2.94. The minimum absolute atomic E-state index is 0.204. The summed E-state index contributed by atoms with van der Waals surface area (Å²) in [6.07, 6.45) is 0. The molecule has 1 aromatic heterocycles. The van der Waals surface area contributed by atoms with E-state index in [1.165, 1.54) is 0 Å². The quantitative estimate of drug-likeness (QED) is 0.616. The molecule has 134 valence electrons. The van der Waals surface area contributed by atoms with Crippen molar-refractivity contribution in [1.82, 2.24) is 5.32 Å². The molecule has 0 saturated carbocycles. The normalized spacial score (nSPS) is 10.6. The number of fused-ring (bicyclic) bond motifs is 1. The van der Waals surface area contributed by atoms with Crippen LogP contribution < -0.4 is 16.0 Å². The molecule has 2 aromatic carbocycles. The Morgan fingerprint density at radius 1 is 1.08 bits per heavy atom. The summed E-state index contributed by atoms with van der Waals surface area (Å²) in [4.78, 5) is 24.2. The van der Waals surface area contributed by atoms with Crippen molar-refractivity contribution in [3.05, 3.63) is 58.8 Å². The highest BCUT2D eigenvalue weighted by Gasteiger charge is 2.19. The van der Waals surface area contributed by atoms with Crippen LogP contribution in [0.5, 0.6) is 0 Å². The summed E-state index contributed by atoms with van der Waals surface area (Å²) in [6.45, 7) is 4.17. The minimum Gasteiger partial charge on any atom is -0.449 e. The maximum absolute atomic E-state index is 12.6. The molecule has 0 aliphatic rings. The second kappa shape index (κ2) is 7.49. The Kier molecular flexibility index (Phi) is 5.14. The number of hydrogen-bond donors (Lipinski definition) is 3. The van der Waals surface area contributed by atoms with Crippen LogP contribution in [0.1, 0.15) is 23.0 Å². The number of para-hydroxylation sites is 1. The molecule has 7 heteroatoms. The van der Waals surface area contributed by atoms with E-state index in [2.05, 4.69) is 16.0 Å². The van der Waals surface area contributed by atoms with Crippen molar-refractivity contribution in [2.24, 2.45) is 0 Å². The second-order valence-electron chi connectivity index (χ2n) is 5.69. The van der Waals surface area contributed by atoms with Crippen LogP contribution >= 0.6 is 11.6 Å². The third-order valence-corrected chi connectivity index (χ3v) is 4.14. The SMILES string of the molecule is CCNC(=O)Nc1cccc(NC(=O)c2oc3c(Cl)cccc3c2C)c1. The lowest BCUT2D eigenvalue weighted by Gasteiger charge is -2.08. The third-order valence-electron chi connectivity index (χ3n) is 3.84. The topological polar surface area (TPSA) is 83.4 Å². The van der Waals surface area contributed by atoms with Gasteiger partial charge in [0.15, 0.2) is 11.3 Å². The Hall–Kier alpha value is -2.99. The number of hydrogen-bond acceptors (Lipinski definition) is 3. The van der Waals surface area contributed by atoms with E-state index in [4.69, 9.17) is 16.0 Å². The van der Waals surface area contributed by atoms with E-state index >= 15 is 0 Å². The first-order chi connectivity index (χ1) is 12.5. The fourth-order valence-corrected chi connectivity index (χ4v) is 2.84. The highest BCUT2D eigenvalue weighted by Crippen LogP contribution is 2.31. The molecule has 1 heterocycles. The lowest BCUT2D eigenvalue weighted by molar-refractivity contribution is 0.0998. The van der Waals surface area contributed by atoms with Gasteiger partial charge in [-0.05, 0) is 38.1 Å². The monoisotopic (exact) mass is 371 g/mol. The molecule has 0 unspecified atom stereocenters. The van der Waals surface area contributed by atoms with Gasteiger partial charge in [0.1, 0.15) is 0 Å². The highest BCUT2D eigenvalue weighted by molar-refractivity contribution is 6.35. The van der Waals surface area contributed by atoms with Gasteiger partial charge in [0.25, 0.3) is 5.91 Å². The molecule has 0 saturated heterocycles. The smallest absolute Gasteiger partial charge is 0.319 e. The van der Waals surface area contributed by atoms with Crippen molar-refractivity contribution in [3.8, 4) is 0 Å². The number of amides is 3. The van der Waals surface area contributed by atoms with E-state index in [0.29, 0.717) is 28.5 Å². The molecule has 0 spiro atoms. The Bertz CT molecular complexity index is 981. The van der Waals surface area contributed by atoms with Gasteiger partial charge >= 0.3 is 6.03 Å². The standard InChI is InChI=1S/C19H18ClN3O3/c1-3-21-19(25)23-13-7-4-6-12(10-13)22-18(24)16-11(2)14-8-5-9-15(20)17(14)26-16/h4-10H,3H2,1-2H3,(H,22,24)(H2,21,23,25). The van der Waals surface area contributed by atoms with Crippen molar-refractivity contribution in [3.63, 3.8) is 0 Å². The number of carbonyl (C=O) groups is 2. The molecule has 26 heavy (non-hydrogen) atoms. The maximum atomic E-state index is 12.6. The Labute approximate surface area is 155 Å². The van der Waals surface area contributed by atoms with Gasteiger partial charge in [-0.3, -0.25) is 4.79 Å². The van der Waals surface area contributed by atoms with Crippen LogP contribution in [-0.2, 0) is 0 Å². The van der Waals surface area contributed by atoms with E-state index in [0.717, 1.165) is 10.9 Å². The van der Waals surface area contributed by atoms with Crippen LogP contribution in [0.4, 0.5) is 16.2 Å². The number of rotatable bonds is 4. The number of nitrogens with one attached hydrogen (secondary N) is 3. The number of anilines is 2. The highest BCUT2D eigenvalue weighted by atomic mass is 35.5. The van der Waals surface area contributed by atoms with Gasteiger partial charge in [-0.25, -0.2) is 4.79 Å². The first kappa shape index (κ1) is 17.8. The zero-order chi connectivity index (χ0) is 18.7. The van der Waals surface area contributed by atoms with Gasteiger partial charge in [0.2, 0.25) is 0 Å². The molecular formula is C19H18ClN3O3. The lowest BCUT2D eigenvalue weighted by atomic mass is 10.1. The van der Waals surface area contributed by atoms with E-state index in [1.807, 2.05) is 26.0 Å². The van der Waals surface area contributed by atoms with Gasteiger partial charge < -0.3 is 20.4 Å². The van der Waals surface area contributed by atoms with Gasteiger partial charge in [-0.1, -0.05) is 29.8 Å². The Morgan fingerprint density at radius 3 is 2.46 bits per heavy atom. The summed E-state index contributed by atoms with van der Waals surface area (Å²) < 4.78 is 5.67. The predicted octanol–water partition coefficient (Wildman–Crippen LogP) is 4.79. The molecule has 3 amide bonds. The van der Waals surface area contributed by atoms with Crippen molar-refractivity contribution in [1.29, 1.82) is 0 Å². The van der Waals surface area contributed by atoms with E-state index < -0.39 is 0 Å². The van der Waals surface area contributed by atoms with Crippen molar-refractivity contribution >= 4 is 45.9 Å². The average molecular weight is 372 g/mol. The summed E-state index contributed by atoms with van der Waals surface area (Å²) in [5.74, 6) is -0.180. The largest absolute Gasteiger partial charge is 0.449 e. The van der Waals surface area contributed by atoms with Crippen LogP contribution in [0.2, 0.25) is 5.02 Å². The van der Waals surface area contributed by atoms with Crippen LogP contribution in [-0.4, -0.2) is 18.5 Å². The number of halogens is 1. The summed E-state index contributed by atoms with van der Waals surface area (Å²) in [6, 6.07) is 11.9. The predicted molar refractivity (Wildman–Crippen MR) is 103 cm³/mol. The van der Waals surface area contributed by atoms with Gasteiger partial charge in [0.05, 0.1) is 5.02 Å². The second-order valence-corrected chi connectivity index (χ2v) is 6.10. The van der Waals surface area contributed by atoms with Crippen molar-refractivity contribution in [2.45, 2.75) is 13.8 Å². The van der Waals surface area contributed by atoms with Crippen LogP contribution in [0.25, 0.3) is 11.0 Å². The fourth-order valence-electron chi connectivity index (χ4n) is 2.62. The molecule has 0 radical (unpaired) electrons. The zero-order valence-electron chi connectivity index (χ0n) is 14.4. The molecule has 3 rings (SSSR count). The minimum atomic E-state index is -0.384. The maximum Gasteiger partial charge on any atom is 0.319 e. The first-order valence-electron chi connectivity index (χ1n) is 8.13. The molecule has 0 aliphatic heterocycles. The molecule has 3 aromatic rings. The summed E-state index contributed by atoms with van der Waals surface area (Å²) in [7, 11) is 0. The third kappa shape index (κ3) is 3.65. The Morgan fingerprint density at radius 2 is 1.77 bits per heavy atom. The van der Waals surface area contributed by atoms with Crippen LogP contribution in [0.15, 0.2) is 46.9 Å². The van der Waals surface area contributed by atoms with E-state index in [9.17, 15) is 9.59 Å². The van der Waals surface area contributed by atoms with Gasteiger partial charge in [0, 0.05) is 28.9 Å². The molecule has 0 atom stereocenters. The van der Waals surface area contributed by atoms with Crippen molar-refractivity contribution < 1.29 is 14.0 Å². The number of urea groups is 1. The lowest BCUT2D eigenvalue weighted by Crippen LogP contribution is -2.28. The van der Waals surface area contributed by atoms with Gasteiger partial charge in [-0.15, -0.1) is 0 Å². The number of benzene rings is 2. The number of carbonyl (C=O) groups excluding carboxylic acids is 2. The van der Waals surface area contributed by atoms with E-state index in [-0.39, 0.29) is 17.7 Å². The first-order valence-corrected chi connectivity index (χ1v) is 8.51. The van der Waals surface area contributed by atoms with Gasteiger partial charge in [-0.2, -0.15) is 0 Å². The molecule has 0 aliphatic carbocycles. The van der Waals surface area contributed by atoms with Crippen LogP contribution in [0.3, 0.4) is 0 Å². The molecule has 0 bridgehead atoms. The summed E-state index contributed by atoms with van der Waals surface area (Å²) in [5, 5.41) is 9.37. The molecular weight excluding hydrogens is 354 g/mol. The molecule has 0 fully saturated rings. The van der Waals surface area contributed by atoms with Crippen LogP contribution in [0, 0.1) is 6.92 Å². The Balaban J connectivity index is 1.81. The fraction of sp³-hybridized carbons (Fsp3) is 0.158.